The van der Waals surface area contributed by atoms with Crippen LogP contribution in [0.3, 0.4) is 0 Å². The molecule has 1 aromatic rings. The molecule has 96 valence electrons. The zero-order valence-corrected chi connectivity index (χ0v) is 10.3. The van der Waals surface area contributed by atoms with Gasteiger partial charge in [-0.2, -0.15) is 5.26 Å². The SMILES string of the molecule is CC(C#N)CN(C)c1cc(C(N)=O)c(N)cc1F. The maximum Gasteiger partial charge on any atom is 0.250 e. The molecule has 0 fully saturated rings. The fraction of sp³-hybridized carbons (Fsp3) is 0.333. The molecule has 4 N–H and O–H groups in total. The summed E-state index contributed by atoms with van der Waals surface area (Å²) >= 11 is 0. The molecule has 0 saturated carbocycles. The van der Waals surface area contributed by atoms with Gasteiger partial charge in [0.2, 0.25) is 0 Å². The van der Waals surface area contributed by atoms with Crippen molar-refractivity contribution in [2.24, 2.45) is 11.7 Å². The maximum absolute atomic E-state index is 13.7. The molecule has 0 radical (unpaired) electrons. The molecule has 0 aliphatic carbocycles. The number of anilines is 2. The number of benzene rings is 1. The van der Waals surface area contributed by atoms with Gasteiger partial charge in [-0.05, 0) is 19.1 Å². The molecule has 0 spiro atoms. The Kier molecular flexibility index (Phi) is 4.10. The summed E-state index contributed by atoms with van der Waals surface area (Å²) in [5.74, 6) is -1.52. The fourth-order valence-corrected chi connectivity index (χ4v) is 1.63. The Morgan fingerprint density at radius 3 is 2.72 bits per heavy atom. The van der Waals surface area contributed by atoms with Gasteiger partial charge in [-0.15, -0.1) is 0 Å². The average molecular weight is 250 g/mol. The second kappa shape index (κ2) is 5.36. The summed E-state index contributed by atoms with van der Waals surface area (Å²) < 4.78 is 13.7. The van der Waals surface area contributed by atoms with E-state index in [4.69, 9.17) is 16.7 Å². The average Bonchev–Trinajstić information content (AvgIpc) is 2.27. The second-order valence-electron chi connectivity index (χ2n) is 4.17. The van der Waals surface area contributed by atoms with Gasteiger partial charge >= 0.3 is 0 Å². The Labute approximate surface area is 105 Å². The van der Waals surface area contributed by atoms with Gasteiger partial charge in [-0.1, -0.05) is 0 Å². The van der Waals surface area contributed by atoms with Gasteiger partial charge in [0.25, 0.3) is 5.91 Å². The molecule has 1 unspecified atom stereocenters. The van der Waals surface area contributed by atoms with Crippen molar-refractivity contribution in [2.75, 3.05) is 24.2 Å². The molecule has 1 amide bonds. The van der Waals surface area contributed by atoms with Crippen LogP contribution in [0.1, 0.15) is 17.3 Å². The lowest BCUT2D eigenvalue weighted by molar-refractivity contribution is 0.100. The highest BCUT2D eigenvalue weighted by atomic mass is 19.1. The summed E-state index contributed by atoms with van der Waals surface area (Å²) in [5, 5.41) is 8.72. The van der Waals surface area contributed by atoms with E-state index < -0.39 is 11.7 Å². The zero-order chi connectivity index (χ0) is 13.9. The zero-order valence-electron chi connectivity index (χ0n) is 10.3. The van der Waals surface area contributed by atoms with Crippen molar-refractivity contribution in [2.45, 2.75) is 6.92 Å². The van der Waals surface area contributed by atoms with Crippen molar-refractivity contribution >= 4 is 17.3 Å². The number of carbonyl (C=O) groups is 1. The number of hydrogen-bond acceptors (Lipinski definition) is 4. The van der Waals surface area contributed by atoms with Crippen LogP contribution in [0.5, 0.6) is 0 Å². The Morgan fingerprint density at radius 1 is 1.61 bits per heavy atom. The molecule has 1 rings (SSSR count). The summed E-state index contributed by atoms with van der Waals surface area (Å²) in [6.45, 7) is 2.07. The molecule has 1 atom stereocenters. The van der Waals surface area contributed by atoms with Crippen molar-refractivity contribution < 1.29 is 9.18 Å². The van der Waals surface area contributed by atoms with E-state index in [1.807, 2.05) is 0 Å². The minimum absolute atomic E-state index is 0.00508. The van der Waals surface area contributed by atoms with Crippen LogP contribution < -0.4 is 16.4 Å². The van der Waals surface area contributed by atoms with Crippen LogP contribution in [-0.4, -0.2) is 19.5 Å². The smallest absolute Gasteiger partial charge is 0.250 e. The standard InChI is InChI=1S/C12H15FN4O/c1-7(5-14)6-17(2)11-3-8(12(16)18)10(15)4-9(11)13/h3-4,7H,6,15H2,1-2H3,(H2,16,18). The van der Waals surface area contributed by atoms with E-state index in [2.05, 4.69) is 6.07 Å². The first kappa shape index (κ1) is 13.8. The molecule has 0 aromatic heterocycles. The van der Waals surface area contributed by atoms with E-state index in [0.29, 0.717) is 6.54 Å². The molecule has 0 heterocycles. The van der Waals surface area contributed by atoms with Gasteiger partial charge in [-0.25, -0.2) is 4.39 Å². The molecule has 0 aliphatic rings. The molecule has 18 heavy (non-hydrogen) atoms. The van der Waals surface area contributed by atoms with Gasteiger partial charge in [0.1, 0.15) is 5.82 Å². The largest absolute Gasteiger partial charge is 0.398 e. The predicted molar refractivity (Wildman–Crippen MR) is 67.4 cm³/mol. The first-order valence-electron chi connectivity index (χ1n) is 5.36. The van der Waals surface area contributed by atoms with E-state index >= 15 is 0 Å². The van der Waals surface area contributed by atoms with Crippen molar-refractivity contribution in [1.29, 1.82) is 5.26 Å². The van der Waals surface area contributed by atoms with Crippen LogP contribution in [0.15, 0.2) is 12.1 Å². The van der Waals surface area contributed by atoms with Gasteiger partial charge < -0.3 is 16.4 Å². The lowest BCUT2D eigenvalue weighted by Gasteiger charge is -2.22. The quantitative estimate of drug-likeness (QED) is 0.782. The van der Waals surface area contributed by atoms with E-state index in [9.17, 15) is 9.18 Å². The summed E-state index contributed by atoms with van der Waals surface area (Å²) in [7, 11) is 1.63. The lowest BCUT2D eigenvalue weighted by atomic mass is 10.1. The highest BCUT2D eigenvalue weighted by Crippen LogP contribution is 2.25. The summed E-state index contributed by atoms with van der Waals surface area (Å²) in [6.07, 6.45) is 0. The maximum atomic E-state index is 13.7. The Bertz CT molecular complexity index is 510. The number of primary amides is 1. The Morgan fingerprint density at radius 2 is 2.22 bits per heavy atom. The number of amides is 1. The van der Waals surface area contributed by atoms with E-state index in [0.717, 1.165) is 6.07 Å². The van der Waals surface area contributed by atoms with Gasteiger partial charge in [0, 0.05) is 19.3 Å². The number of nitrogens with zero attached hydrogens (tertiary/aromatic N) is 2. The molecule has 1 aromatic carbocycles. The number of nitriles is 1. The number of rotatable bonds is 4. The summed E-state index contributed by atoms with van der Waals surface area (Å²) in [5.41, 5.74) is 10.9. The minimum atomic E-state index is -0.713. The molecule has 5 nitrogen and oxygen atoms in total. The van der Waals surface area contributed by atoms with Crippen LogP contribution in [0.2, 0.25) is 0 Å². The topological polar surface area (TPSA) is 96.1 Å². The second-order valence-corrected chi connectivity index (χ2v) is 4.17. The monoisotopic (exact) mass is 250 g/mol. The molecular weight excluding hydrogens is 235 g/mol. The summed E-state index contributed by atoms with van der Waals surface area (Å²) in [6, 6.07) is 4.41. The Hall–Kier alpha value is -2.29. The molecule has 0 aliphatic heterocycles. The highest BCUT2D eigenvalue weighted by Gasteiger charge is 2.16. The number of carbonyl (C=O) groups excluding carboxylic acids is 1. The number of hydrogen-bond donors (Lipinski definition) is 2. The fourth-order valence-electron chi connectivity index (χ4n) is 1.63. The predicted octanol–water partition coefficient (Wildman–Crippen LogP) is 1.10. The van der Waals surface area contributed by atoms with E-state index in [1.54, 1.807) is 18.9 Å². The third-order valence-electron chi connectivity index (χ3n) is 2.56. The van der Waals surface area contributed by atoms with E-state index in [-0.39, 0.29) is 22.9 Å². The van der Waals surface area contributed by atoms with Crippen LogP contribution in [0.25, 0.3) is 0 Å². The first-order valence-corrected chi connectivity index (χ1v) is 5.36. The number of halogens is 1. The molecule has 0 bridgehead atoms. The van der Waals surface area contributed by atoms with Gasteiger partial charge in [0.15, 0.2) is 0 Å². The third kappa shape index (κ3) is 2.88. The minimum Gasteiger partial charge on any atom is -0.398 e. The highest BCUT2D eigenvalue weighted by molar-refractivity contribution is 5.99. The van der Waals surface area contributed by atoms with Gasteiger partial charge in [0.05, 0.1) is 23.2 Å². The summed E-state index contributed by atoms with van der Waals surface area (Å²) in [4.78, 5) is 12.7. The molecule has 0 saturated heterocycles. The van der Waals surface area contributed by atoms with Crippen LogP contribution in [-0.2, 0) is 0 Å². The van der Waals surface area contributed by atoms with Crippen molar-refractivity contribution in [1.82, 2.24) is 0 Å². The van der Waals surface area contributed by atoms with E-state index in [1.165, 1.54) is 6.07 Å². The number of nitrogens with two attached hydrogens (primary N) is 2. The van der Waals surface area contributed by atoms with Crippen molar-refractivity contribution in [3.8, 4) is 6.07 Å². The van der Waals surface area contributed by atoms with Gasteiger partial charge in [-0.3, -0.25) is 4.79 Å². The Balaban J connectivity index is 3.13. The normalized spacial score (nSPS) is 11.7. The first-order chi connectivity index (χ1) is 8.36. The van der Waals surface area contributed by atoms with Crippen molar-refractivity contribution in [3.05, 3.63) is 23.5 Å². The van der Waals surface area contributed by atoms with Crippen molar-refractivity contribution in [3.63, 3.8) is 0 Å². The van der Waals surface area contributed by atoms with Crippen LogP contribution in [0.4, 0.5) is 15.8 Å². The van der Waals surface area contributed by atoms with Crippen LogP contribution in [0, 0.1) is 23.1 Å². The lowest BCUT2D eigenvalue weighted by Crippen LogP contribution is -2.25. The number of nitrogen functional groups attached to an aromatic ring is 1. The third-order valence-corrected chi connectivity index (χ3v) is 2.56. The van der Waals surface area contributed by atoms with Crippen LogP contribution >= 0.6 is 0 Å². The molecule has 6 heteroatoms. The molecular formula is C12H15FN4O.